The molecule has 0 saturated heterocycles. The lowest BCUT2D eigenvalue weighted by molar-refractivity contribution is 0.968. The van der Waals surface area contributed by atoms with Gasteiger partial charge in [-0.1, -0.05) is 35.3 Å². The second-order valence-electron chi connectivity index (χ2n) is 4.79. The fourth-order valence-electron chi connectivity index (χ4n) is 2.20. The Hall–Kier alpha value is -1.49. The standard InChI is InChI=1S/C16H12Cl2N2OS/c1-10-4-2-7-14-19-11(8-15(21)20(10)14)9-22-16-12(17)5-3-6-13(16)18/h2-8H,9H2,1H3. The van der Waals surface area contributed by atoms with Crippen molar-refractivity contribution in [1.82, 2.24) is 9.38 Å². The average molecular weight is 351 g/mol. The molecule has 0 aliphatic heterocycles. The second kappa shape index (κ2) is 6.32. The zero-order valence-electron chi connectivity index (χ0n) is 11.7. The average Bonchev–Trinajstić information content (AvgIpc) is 2.46. The number of halogens is 2. The summed E-state index contributed by atoms with van der Waals surface area (Å²) >= 11 is 13.8. The van der Waals surface area contributed by atoms with Crippen LogP contribution in [0, 0.1) is 6.92 Å². The van der Waals surface area contributed by atoms with E-state index in [1.54, 1.807) is 28.7 Å². The monoisotopic (exact) mass is 350 g/mol. The van der Waals surface area contributed by atoms with Gasteiger partial charge in [0.05, 0.1) is 15.7 Å². The molecular formula is C16H12Cl2N2OS. The number of benzene rings is 1. The van der Waals surface area contributed by atoms with Gasteiger partial charge in [-0.2, -0.15) is 0 Å². The fraction of sp³-hybridized carbons (Fsp3) is 0.125. The van der Waals surface area contributed by atoms with Crippen molar-refractivity contribution in [3.8, 4) is 0 Å². The Morgan fingerprint density at radius 1 is 1.14 bits per heavy atom. The van der Waals surface area contributed by atoms with Crippen molar-refractivity contribution >= 4 is 40.6 Å². The van der Waals surface area contributed by atoms with Crippen molar-refractivity contribution in [1.29, 1.82) is 0 Å². The number of aromatic nitrogens is 2. The van der Waals surface area contributed by atoms with Crippen LogP contribution in [0.1, 0.15) is 11.4 Å². The Bertz CT molecular complexity index is 888. The third kappa shape index (κ3) is 3.00. The minimum Gasteiger partial charge on any atom is -0.269 e. The molecule has 0 aliphatic rings. The summed E-state index contributed by atoms with van der Waals surface area (Å²) in [4.78, 5) is 17.6. The van der Waals surface area contributed by atoms with Crippen LogP contribution in [-0.2, 0) is 5.75 Å². The molecule has 1 aromatic carbocycles. The van der Waals surface area contributed by atoms with E-state index in [1.165, 1.54) is 11.8 Å². The number of pyridine rings is 1. The fourth-order valence-corrected chi connectivity index (χ4v) is 3.78. The summed E-state index contributed by atoms with van der Waals surface area (Å²) < 4.78 is 1.59. The first-order chi connectivity index (χ1) is 10.6. The maximum Gasteiger partial charge on any atom is 0.258 e. The molecule has 0 saturated carbocycles. The summed E-state index contributed by atoms with van der Waals surface area (Å²) in [5.41, 5.74) is 2.14. The molecule has 3 rings (SSSR count). The normalized spacial score (nSPS) is 11.0. The topological polar surface area (TPSA) is 34.4 Å². The summed E-state index contributed by atoms with van der Waals surface area (Å²) in [6.45, 7) is 1.88. The number of nitrogens with zero attached hydrogens (tertiary/aromatic N) is 2. The van der Waals surface area contributed by atoms with Crippen LogP contribution in [0.3, 0.4) is 0 Å². The van der Waals surface area contributed by atoms with Gasteiger partial charge in [0.15, 0.2) is 0 Å². The Balaban J connectivity index is 1.94. The van der Waals surface area contributed by atoms with Crippen molar-refractivity contribution < 1.29 is 0 Å². The summed E-state index contributed by atoms with van der Waals surface area (Å²) in [7, 11) is 0. The van der Waals surface area contributed by atoms with Gasteiger partial charge >= 0.3 is 0 Å². The molecule has 0 fully saturated rings. The number of rotatable bonds is 3. The minimum absolute atomic E-state index is 0.0797. The molecule has 2 heterocycles. The van der Waals surface area contributed by atoms with Crippen LogP contribution in [0.25, 0.3) is 5.65 Å². The van der Waals surface area contributed by atoms with Gasteiger partial charge in [-0.25, -0.2) is 4.98 Å². The van der Waals surface area contributed by atoms with Crippen LogP contribution < -0.4 is 5.56 Å². The highest BCUT2D eigenvalue weighted by Gasteiger charge is 2.09. The van der Waals surface area contributed by atoms with Crippen LogP contribution in [0.15, 0.2) is 52.2 Å². The molecule has 0 atom stereocenters. The number of thioether (sulfide) groups is 1. The molecule has 112 valence electrons. The molecule has 0 aliphatic carbocycles. The van der Waals surface area contributed by atoms with Crippen molar-refractivity contribution in [3.05, 3.63) is 74.3 Å². The second-order valence-corrected chi connectivity index (χ2v) is 6.59. The number of hydrogen-bond acceptors (Lipinski definition) is 3. The molecule has 0 unspecified atom stereocenters. The number of hydrogen-bond donors (Lipinski definition) is 0. The number of fused-ring (bicyclic) bond motifs is 1. The summed E-state index contributed by atoms with van der Waals surface area (Å²) in [6, 6.07) is 12.5. The van der Waals surface area contributed by atoms with Crippen molar-refractivity contribution in [2.75, 3.05) is 0 Å². The Morgan fingerprint density at radius 2 is 1.82 bits per heavy atom. The van der Waals surface area contributed by atoms with E-state index in [2.05, 4.69) is 4.98 Å². The molecule has 2 aromatic heterocycles. The van der Waals surface area contributed by atoms with E-state index in [4.69, 9.17) is 23.2 Å². The summed E-state index contributed by atoms with van der Waals surface area (Å²) in [5, 5.41) is 1.21. The predicted octanol–water partition coefficient (Wildman–Crippen LogP) is 4.60. The van der Waals surface area contributed by atoms with Gasteiger partial charge in [0.25, 0.3) is 5.56 Å². The summed E-state index contributed by atoms with van der Waals surface area (Å²) in [5.74, 6) is 0.531. The van der Waals surface area contributed by atoms with E-state index in [0.717, 1.165) is 10.6 Å². The van der Waals surface area contributed by atoms with E-state index in [0.29, 0.717) is 27.1 Å². The minimum atomic E-state index is -0.0797. The molecule has 0 N–H and O–H groups in total. The molecule has 3 aromatic rings. The SMILES string of the molecule is Cc1cccc2nc(CSc3c(Cl)cccc3Cl)cc(=O)n12. The van der Waals surface area contributed by atoms with Crippen LogP contribution >= 0.6 is 35.0 Å². The highest BCUT2D eigenvalue weighted by molar-refractivity contribution is 7.98. The summed E-state index contributed by atoms with van der Waals surface area (Å²) in [6.07, 6.45) is 0. The Morgan fingerprint density at radius 3 is 2.55 bits per heavy atom. The molecule has 0 amide bonds. The van der Waals surface area contributed by atoms with E-state index in [1.807, 2.05) is 25.1 Å². The largest absolute Gasteiger partial charge is 0.269 e. The van der Waals surface area contributed by atoms with Gasteiger partial charge in [0, 0.05) is 22.4 Å². The van der Waals surface area contributed by atoms with Gasteiger partial charge in [-0.3, -0.25) is 9.20 Å². The lowest BCUT2D eigenvalue weighted by Crippen LogP contribution is -2.17. The first-order valence-electron chi connectivity index (χ1n) is 6.61. The zero-order valence-corrected chi connectivity index (χ0v) is 14.0. The quantitative estimate of drug-likeness (QED) is 0.647. The maximum atomic E-state index is 12.2. The molecular weight excluding hydrogens is 339 g/mol. The van der Waals surface area contributed by atoms with Gasteiger partial charge in [-0.05, 0) is 31.2 Å². The van der Waals surface area contributed by atoms with Crippen LogP contribution in [0.2, 0.25) is 10.0 Å². The highest BCUT2D eigenvalue weighted by Crippen LogP contribution is 2.35. The van der Waals surface area contributed by atoms with Crippen LogP contribution in [0.5, 0.6) is 0 Å². The van der Waals surface area contributed by atoms with Gasteiger partial charge in [0.2, 0.25) is 0 Å². The molecule has 0 bridgehead atoms. The van der Waals surface area contributed by atoms with Gasteiger partial charge in [0.1, 0.15) is 5.65 Å². The predicted molar refractivity (Wildman–Crippen MR) is 92.2 cm³/mol. The maximum absolute atomic E-state index is 12.2. The Kier molecular flexibility index (Phi) is 4.43. The third-order valence-corrected chi connectivity index (χ3v) is 5.24. The van der Waals surface area contributed by atoms with Crippen LogP contribution in [-0.4, -0.2) is 9.38 Å². The first-order valence-corrected chi connectivity index (χ1v) is 8.35. The van der Waals surface area contributed by atoms with Crippen molar-refractivity contribution in [2.24, 2.45) is 0 Å². The molecule has 22 heavy (non-hydrogen) atoms. The zero-order chi connectivity index (χ0) is 15.7. The third-order valence-electron chi connectivity index (χ3n) is 3.22. The van der Waals surface area contributed by atoms with E-state index < -0.39 is 0 Å². The van der Waals surface area contributed by atoms with Crippen molar-refractivity contribution in [2.45, 2.75) is 17.6 Å². The lowest BCUT2D eigenvalue weighted by atomic mass is 10.3. The van der Waals surface area contributed by atoms with Gasteiger partial charge < -0.3 is 0 Å². The van der Waals surface area contributed by atoms with Crippen molar-refractivity contribution in [3.63, 3.8) is 0 Å². The van der Waals surface area contributed by atoms with E-state index in [9.17, 15) is 4.79 Å². The van der Waals surface area contributed by atoms with Crippen LogP contribution in [0.4, 0.5) is 0 Å². The van der Waals surface area contributed by atoms with Gasteiger partial charge in [-0.15, -0.1) is 11.8 Å². The molecule has 0 radical (unpaired) electrons. The number of aryl methyl sites for hydroxylation is 1. The molecule has 3 nitrogen and oxygen atoms in total. The highest BCUT2D eigenvalue weighted by atomic mass is 35.5. The van der Waals surface area contributed by atoms with E-state index >= 15 is 0 Å². The lowest BCUT2D eigenvalue weighted by Gasteiger charge is -2.08. The molecule has 0 spiro atoms. The molecule has 6 heteroatoms. The first kappa shape index (κ1) is 15.4. The van der Waals surface area contributed by atoms with E-state index in [-0.39, 0.29) is 5.56 Å². The smallest absolute Gasteiger partial charge is 0.258 e. The Labute approximate surface area is 141 Å².